The van der Waals surface area contributed by atoms with Crippen LogP contribution in [0.2, 0.25) is 0 Å². The van der Waals surface area contributed by atoms with Crippen LogP contribution in [0.25, 0.3) is 16.5 Å². The van der Waals surface area contributed by atoms with Gasteiger partial charge in [-0.25, -0.2) is 0 Å². The highest BCUT2D eigenvalue weighted by Gasteiger charge is 2.42. The van der Waals surface area contributed by atoms with E-state index >= 15 is 0 Å². The predicted molar refractivity (Wildman–Crippen MR) is 180 cm³/mol. The molecule has 4 aromatic carbocycles. The number of fused-ring (bicyclic) bond motifs is 1. The van der Waals surface area contributed by atoms with Crippen molar-refractivity contribution in [2.45, 2.75) is 25.9 Å². The maximum Gasteiger partial charge on any atom is 0.174 e. The summed E-state index contributed by atoms with van der Waals surface area (Å²) in [6.45, 7) is 4.37. The van der Waals surface area contributed by atoms with Crippen molar-refractivity contribution < 1.29 is 9.47 Å². The van der Waals surface area contributed by atoms with E-state index in [1.165, 1.54) is 27.7 Å². The Labute approximate surface area is 262 Å². The molecule has 0 spiro atoms. The molecule has 0 saturated carbocycles. The molecular formula is C37H32N4O2S. The number of ether oxygens (including phenoxy) is 2. The molecule has 44 heavy (non-hydrogen) atoms. The molecule has 2 aromatic heterocycles. The molecule has 7 heteroatoms. The standard InChI is InChI=1S/C37H32N4O2S/c1-24-23-32(25(2)40(24)34-13-8-10-26-9-4-5-11-31(26)34)36-35(33-12-6-7-22-38-33)39-37(44)41(36)27-14-16-29(17-15-27)43-30-20-18-28(42-3)19-21-30/h4-23,35-36H,1-3H3,(H,39,44). The van der Waals surface area contributed by atoms with Gasteiger partial charge in [0.1, 0.15) is 17.2 Å². The predicted octanol–water partition coefficient (Wildman–Crippen LogP) is 8.62. The van der Waals surface area contributed by atoms with Crippen LogP contribution in [-0.2, 0) is 0 Å². The Morgan fingerprint density at radius 2 is 1.45 bits per heavy atom. The lowest BCUT2D eigenvalue weighted by molar-refractivity contribution is 0.413. The smallest absolute Gasteiger partial charge is 0.174 e. The molecule has 6 nitrogen and oxygen atoms in total. The Bertz CT molecular complexity index is 1950. The number of benzene rings is 4. The Hall–Kier alpha value is -5.14. The van der Waals surface area contributed by atoms with E-state index in [0.29, 0.717) is 5.11 Å². The highest BCUT2D eigenvalue weighted by Crippen LogP contribution is 2.44. The second-order valence-electron chi connectivity index (χ2n) is 10.9. The van der Waals surface area contributed by atoms with Crippen molar-refractivity contribution in [3.05, 3.63) is 144 Å². The number of thiocarbonyl (C=S) groups is 1. The van der Waals surface area contributed by atoms with Gasteiger partial charge in [-0.3, -0.25) is 4.98 Å². The number of nitrogens with zero attached hydrogens (tertiary/aromatic N) is 3. The van der Waals surface area contributed by atoms with Gasteiger partial charge in [0.15, 0.2) is 5.11 Å². The highest BCUT2D eigenvalue weighted by molar-refractivity contribution is 7.80. The van der Waals surface area contributed by atoms with Gasteiger partial charge in [0.2, 0.25) is 0 Å². The first-order valence-corrected chi connectivity index (χ1v) is 15.0. The second kappa shape index (κ2) is 11.5. The van der Waals surface area contributed by atoms with E-state index in [2.05, 4.69) is 95.4 Å². The van der Waals surface area contributed by atoms with E-state index in [9.17, 15) is 0 Å². The minimum Gasteiger partial charge on any atom is -0.497 e. The zero-order valence-electron chi connectivity index (χ0n) is 24.8. The van der Waals surface area contributed by atoms with Gasteiger partial charge in [0.05, 0.1) is 30.6 Å². The number of anilines is 1. The summed E-state index contributed by atoms with van der Waals surface area (Å²) >= 11 is 6.01. The molecule has 1 aliphatic heterocycles. The number of aryl methyl sites for hydroxylation is 1. The molecule has 2 atom stereocenters. The topological polar surface area (TPSA) is 51.6 Å². The van der Waals surface area contributed by atoms with Gasteiger partial charge < -0.3 is 24.3 Å². The van der Waals surface area contributed by atoms with Crippen molar-refractivity contribution in [1.82, 2.24) is 14.9 Å². The number of nitrogens with one attached hydrogen (secondary N) is 1. The first kappa shape index (κ1) is 27.7. The molecule has 3 heterocycles. The zero-order chi connectivity index (χ0) is 30.2. The normalized spacial score (nSPS) is 16.2. The second-order valence-corrected chi connectivity index (χ2v) is 11.3. The van der Waals surface area contributed by atoms with Crippen LogP contribution in [0.1, 0.15) is 34.7 Å². The van der Waals surface area contributed by atoms with Crippen LogP contribution in [-0.4, -0.2) is 21.8 Å². The van der Waals surface area contributed by atoms with E-state index < -0.39 is 0 Å². The molecule has 7 rings (SSSR count). The molecule has 0 bridgehead atoms. The van der Waals surface area contributed by atoms with E-state index in [1.807, 2.05) is 54.7 Å². The fourth-order valence-corrected chi connectivity index (χ4v) is 6.61. The lowest BCUT2D eigenvalue weighted by Gasteiger charge is -2.28. The van der Waals surface area contributed by atoms with Crippen molar-refractivity contribution in [3.8, 4) is 22.9 Å². The molecule has 218 valence electrons. The minimum atomic E-state index is -0.139. The third kappa shape index (κ3) is 4.95. The molecule has 1 saturated heterocycles. The zero-order valence-corrected chi connectivity index (χ0v) is 25.6. The quantitative estimate of drug-likeness (QED) is 0.186. The van der Waals surface area contributed by atoms with Crippen LogP contribution in [0.5, 0.6) is 17.2 Å². The van der Waals surface area contributed by atoms with Crippen LogP contribution < -0.4 is 19.7 Å². The van der Waals surface area contributed by atoms with E-state index in [-0.39, 0.29) is 12.1 Å². The fraction of sp³-hybridized carbons (Fsp3) is 0.135. The summed E-state index contributed by atoms with van der Waals surface area (Å²) in [5.41, 5.74) is 6.60. The van der Waals surface area contributed by atoms with Crippen LogP contribution in [0.15, 0.2) is 121 Å². The number of methoxy groups -OCH3 is 1. The van der Waals surface area contributed by atoms with Crippen LogP contribution in [0.3, 0.4) is 0 Å². The summed E-state index contributed by atoms with van der Waals surface area (Å²) in [5.74, 6) is 2.27. The molecule has 0 aliphatic carbocycles. The lowest BCUT2D eigenvalue weighted by Crippen LogP contribution is -2.29. The number of aromatic nitrogens is 2. The van der Waals surface area contributed by atoms with E-state index in [1.54, 1.807) is 7.11 Å². The maximum atomic E-state index is 6.11. The first-order valence-electron chi connectivity index (χ1n) is 14.6. The average Bonchev–Trinajstić information content (AvgIpc) is 3.56. The maximum absolute atomic E-state index is 6.11. The molecule has 1 fully saturated rings. The third-order valence-electron chi connectivity index (χ3n) is 8.30. The highest BCUT2D eigenvalue weighted by atomic mass is 32.1. The molecule has 1 N–H and O–H groups in total. The molecule has 1 aliphatic rings. The molecule has 6 aromatic rings. The Morgan fingerprint density at radius 3 is 2.18 bits per heavy atom. The van der Waals surface area contributed by atoms with E-state index in [0.717, 1.165) is 34.3 Å². The van der Waals surface area contributed by atoms with E-state index in [4.69, 9.17) is 26.7 Å². The Morgan fingerprint density at radius 1 is 0.773 bits per heavy atom. The SMILES string of the molecule is COc1ccc(Oc2ccc(N3C(=S)NC(c4ccccn4)C3c3cc(C)n(-c4cccc5ccccc45)c3C)cc2)cc1. The summed E-state index contributed by atoms with van der Waals surface area (Å²) in [6.07, 6.45) is 1.84. The molecular weight excluding hydrogens is 565 g/mol. The fourth-order valence-electron chi connectivity index (χ4n) is 6.26. The Kier molecular flexibility index (Phi) is 7.24. The number of rotatable bonds is 7. The van der Waals surface area contributed by atoms with Crippen molar-refractivity contribution >= 4 is 33.8 Å². The van der Waals surface area contributed by atoms with Crippen LogP contribution in [0, 0.1) is 13.8 Å². The number of hydrogen-bond acceptors (Lipinski definition) is 4. The summed E-state index contributed by atoms with van der Waals surface area (Å²) in [7, 11) is 1.65. The van der Waals surface area contributed by atoms with Gasteiger partial charge in [-0.15, -0.1) is 0 Å². The van der Waals surface area contributed by atoms with Gasteiger partial charge in [0.25, 0.3) is 0 Å². The van der Waals surface area contributed by atoms with Crippen molar-refractivity contribution in [3.63, 3.8) is 0 Å². The summed E-state index contributed by atoms with van der Waals surface area (Å²) in [4.78, 5) is 6.96. The van der Waals surface area contributed by atoms with Gasteiger partial charge >= 0.3 is 0 Å². The van der Waals surface area contributed by atoms with Gasteiger partial charge in [-0.1, -0.05) is 42.5 Å². The van der Waals surface area contributed by atoms with Crippen molar-refractivity contribution in [1.29, 1.82) is 0 Å². The summed E-state index contributed by atoms with van der Waals surface area (Å²) < 4.78 is 13.7. The Balaban J connectivity index is 1.29. The first-order chi connectivity index (χ1) is 21.5. The molecule has 0 radical (unpaired) electrons. The van der Waals surface area contributed by atoms with Crippen LogP contribution in [0.4, 0.5) is 5.69 Å². The summed E-state index contributed by atoms with van der Waals surface area (Å²) in [6, 6.07) is 38.7. The molecule has 0 amide bonds. The third-order valence-corrected chi connectivity index (χ3v) is 8.62. The van der Waals surface area contributed by atoms with Crippen molar-refractivity contribution in [2.24, 2.45) is 0 Å². The summed E-state index contributed by atoms with van der Waals surface area (Å²) in [5, 5.41) is 6.69. The van der Waals surface area contributed by atoms with Gasteiger partial charge in [-0.2, -0.15) is 0 Å². The van der Waals surface area contributed by atoms with Crippen LogP contribution >= 0.6 is 12.2 Å². The van der Waals surface area contributed by atoms with Gasteiger partial charge in [-0.05, 0) is 110 Å². The number of hydrogen-bond donors (Lipinski definition) is 1. The lowest BCUT2D eigenvalue weighted by atomic mass is 9.96. The van der Waals surface area contributed by atoms with Crippen molar-refractivity contribution in [2.75, 3.05) is 12.0 Å². The minimum absolute atomic E-state index is 0.124. The average molecular weight is 597 g/mol. The molecule has 2 unspecified atom stereocenters. The van der Waals surface area contributed by atoms with Gasteiger partial charge in [0, 0.05) is 28.7 Å². The largest absolute Gasteiger partial charge is 0.497 e. The monoisotopic (exact) mass is 596 g/mol. The number of pyridine rings is 1.